The maximum Gasteiger partial charge on any atom is 0.256 e. The first-order valence-electron chi connectivity index (χ1n) is 11.7. The highest BCUT2D eigenvalue weighted by molar-refractivity contribution is 6.10. The number of amides is 1. The van der Waals surface area contributed by atoms with E-state index < -0.39 is 5.41 Å². The van der Waals surface area contributed by atoms with Gasteiger partial charge in [0.2, 0.25) is 5.91 Å². The Balaban J connectivity index is 2.12. The van der Waals surface area contributed by atoms with Crippen molar-refractivity contribution in [2.45, 2.75) is 72.9 Å². The molecule has 0 spiro atoms. The SMILES string of the molecule is CCC(CC)(CC)C(=O)n1cc(C(=O)N(Cc2ccccc2)C(C)(C)C)c2ccccc21. The van der Waals surface area contributed by atoms with Gasteiger partial charge >= 0.3 is 0 Å². The van der Waals surface area contributed by atoms with Gasteiger partial charge in [0.05, 0.1) is 11.1 Å². The van der Waals surface area contributed by atoms with Crippen LogP contribution in [0.1, 0.15) is 81.5 Å². The van der Waals surface area contributed by atoms with Gasteiger partial charge < -0.3 is 4.90 Å². The Morgan fingerprint density at radius 3 is 1.97 bits per heavy atom. The van der Waals surface area contributed by atoms with Gasteiger partial charge in [-0.2, -0.15) is 0 Å². The average Bonchev–Trinajstić information content (AvgIpc) is 3.18. The Labute approximate surface area is 192 Å². The summed E-state index contributed by atoms with van der Waals surface area (Å²) in [5.74, 6) is 0.0183. The molecule has 32 heavy (non-hydrogen) atoms. The van der Waals surface area contributed by atoms with E-state index in [-0.39, 0.29) is 17.4 Å². The van der Waals surface area contributed by atoms with Gasteiger partial charge in [0.15, 0.2) is 0 Å². The molecule has 0 aliphatic carbocycles. The highest BCUT2D eigenvalue weighted by atomic mass is 16.2. The molecule has 0 unspecified atom stereocenters. The molecule has 0 aliphatic heterocycles. The lowest BCUT2D eigenvalue weighted by atomic mass is 9.79. The fourth-order valence-corrected chi connectivity index (χ4v) is 4.50. The first-order chi connectivity index (χ1) is 15.2. The number of hydrogen-bond donors (Lipinski definition) is 0. The van der Waals surface area contributed by atoms with Crippen LogP contribution in [0.25, 0.3) is 10.9 Å². The van der Waals surface area contributed by atoms with Crippen LogP contribution in [0.5, 0.6) is 0 Å². The van der Waals surface area contributed by atoms with Crippen LogP contribution in [0.3, 0.4) is 0 Å². The molecule has 2 aromatic carbocycles. The van der Waals surface area contributed by atoms with Crippen LogP contribution in [-0.2, 0) is 6.54 Å². The molecule has 1 aromatic heterocycles. The first kappa shape index (κ1) is 23.8. The van der Waals surface area contributed by atoms with Crippen molar-refractivity contribution in [1.82, 2.24) is 9.47 Å². The Hall–Kier alpha value is -2.88. The summed E-state index contributed by atoms with van der Waals surface area (Å²) in [6.07, 6.45) is 4.10. The monoisotopic (exact) mass is 432 g/mol. The second-order valence-corrected chi connectivity index (χ2v) is 9.62. The quantitative estimate of drug-likeness (QED) is 0.406. The predicted molar refractivity (Wildman–Crippen MR) is 132 cm³/mol. The molecule has 0 radical (unpaired) electrons. The predicted octanol–water partition coefficient (Wildman–Crippen LogP) is 6.94. The average molecular weight is 433 g/mol. The topological polar surface area (TPSA) is 42.3 Å². The lowest BCUT2D eigenvalue weighted by Gasteiger charge is -2.36. The number of benzene rings is 2. The van der Waals surface area contributed by atoms with E-state index in [0.717, 1.165) is 35.7 Å². The number of para-hydroxylation sites is 1. The lowest BCUT2D eigenvalue weighted by Crippen LogP contribution is -2.45. The van der Waals surface area contributed by atoms with E-state index in [1.54, 1.807) is 10.8 Å². The molecule has 0 saturated heterocycles. The second-order valence-electron chi connectivity index (χ2n) is 9.62. The molecule has 0 saturated carbocycles. The van der Waals surface area contributed by atoms with Gasteiger partial charge in [0.25, 0.3) is 5.91 Å². The van der Waals surface area contributed by atoms with Gasteiger partial charge in [0, 0.05) is 29.1 Å². The van der Waals surface area contributed by atoms with E-state index in [2.05, 4.69) is 41.5 Å². The van der Waals surface area contributed by atoms with Crippen molar-refractivity contribution in [2.75, 3.05) is 0 Å². The number of fused-ring (bicyclic) bond motifs is 1. The standard InChI is InChI=1S/C28H36N2O2/c1-7-28(8-2,9-3)26(32)29-20-23(22-17-13-14-18-24(22)29)25(31)30(27(4,5)6)19-21-15-11-10-12-16-21/h10-18,20H,7-9,19H2,1-6H3. The molecule has 3 aromatic rings. The highest BCUT2D eigenvalue weighted by Crippen LogP contribution is 2.35. The molecule has 0 atom stereocenters. The number of carbonyl (C=O) groups excluding carboxylic acids is 2. The van der Waals surface area contributed by atoms with Crippen molar-refractivity contribution in [1.29, 1.82) is 0 Å². The van der Waals surface area contributed by atoms with Gasteiger partial charge in [-0.05, 0) is 51.7 Å². The number of aromatic nitrogens is 1. The van der Waals surface area contributed by atoms with Crippen LogP contribution in [-0.4, -0.2) is 26.8 Å². The van der Waals surface area contributed by atoms with Crippen LogP contribution in [0.2, 0.25) is 0 Å². The lowest BCUT2D eigenvalue weighted by molar-refractivity contribution is 0.0561. The molecule has 3 rings (SSSR count). The summed E-state index contributed by atoms with van der Waals surface area (Å²) in [5, 5.41) is 0.824. The molecule has 170 valence electrons. The molecular formula is C28H36N2O2. The molecule has 0 aliphatic rings. The van der Waals surface area contributed by atoms with E-state index in [0.29, 0.717) is 12.1 Å². The zero-order valence-corrected chi connectivity index (χ0v) is 20.3. The minimum Gasteiger partial charge on any atom is -0.329 e. The summed E-state index contributed by atoms with van der Waals surface area (Å²) < 4.78 is 1.72. The van der Waals surface area contributed by atoms with E-state index in [4.69, 9.17) is 0 Å². The largest absolute Gasteiger partial charge is 0.329 e. The van der Waals surface area contributed by atoms with Crippen molar-refractivity contribution in [3.8, 4) is 0 Å². The number of nitrogens with zero attached hydrogens (tertiary/aromatic N) is 2. The van der Waals surface area contributed by atoms with Crippen molar-refractivity contribution in [3.63, 3.8) is 0 Å². The number of rotatable bonds is 7. The maximum absolute atomic E-state index is 13.9. The van der Waals surface area contributed by atoms with E-state index >= 15 is 0 Å². The summed E-state index contributed by atoms with van der Waals surface area (Å²) in [5.41, 5.74) is 1.67. The van der Waals surface area contributed by atoms with Crippen LogP contribution >= 0.6 is 0 Å². The third-order valence-corrected chi connectivity index (χ3v) is 6.88. The molecule has 4 nitrogen and oxygen atoms in total. The normalized spacial score (nSPS) is 12.2. The molecule has 0 bridgehead atoms. The van der Waals surface area contributed by atoms with Crippen molar-refractivity contribution >= 4 is 22.7 Å². The van der Waals surface area contributed by atoms with Crippen LogP contribution in [0.15, 0.2) is 60.8 Å². The summed E-state index contributed by atoms with van der Waals surface area (Å²) in [4.78, 5) is 29.5. The zero-order valence-electron chi connectivity index (χ0n) is 20.3. The van der Waals surface area contributed by atoms with Gasteiger partial charge in [-0.3, -0.25) is 14.2 Å². The third kappa shape index (κ3) is 4.36. The molecule has 0 fully saturated rings. The molecule has 1 amide bonds. The van der Waals surface area contributed by atoms with Gasteiger partial charge in [0.1, 0.15) is 0 Å². The van der Waals surface area contributed by atoms with Gasteiger partial charge in [-0.1, -0.05) is 69.3 Å². The highest BCUT2D eigenvalue weighted by Gasteiger charge is 2.36. The zero-order chi connectivity index (χ0) is 23.5. The Morgan fingerprint density at radius 1 is 0.844 bits per heavy atom. The number of carbonyl (C=O) groups is 2. The summed E-state index contributed by atoms with van der Waals surface area (Å²) in [6, 6.07) is 17.8. The third-order valence-electron chi connectivity index (χ3n) is 6.88. The minimum absolute atomic E-state index is 0.0563. The smallest absolute Gasteiger partial charge is 0.256 e. The molecule has 1 heterocycles. The summed E-state index contributed by atoms with van der Waals surface area (Å²) >= 11 is 0. The summed E-state index contributed by atoms with van der Waals surface area (Å²) in [6.45, 7) is 12.9. The molecular weight excluding hydrogens is 396 g/mol. The van der Waals surface area contributed by atoms with Crippen LogP contribution in [0.4, 0.5) is 0 Å². The van der Waals surface area contributed by atoms with Gasteiger partial charge in [-0.15, -0.1) is 0 Å². The second kappa shape index (κ2) is 9.32. The van der Waals surface area contributed by atoms with E-state index in [9.17, 15) is 9.59 Å². The van der Waals surface area contributed by atoms with Crippen molar-refractivity contribution in [2.24, 2.45) is 5.41 Å². The maximum atomic E-state index is 13.9. The fourth-order valence-electron chi connectivity index (χ4n) is 4.50. The molecule has 0 N–H and O–H groups in total. The van der Waals surface area contributed by atoms with Crippen molar-refractivity contribution < 1.29 is 9.59 Å². The Bertz CT molecular complexity index is 1080. The van der Waals surface area contributed by atoms with Crippen molar-refractivity contribution in [3.05, 3.63) is 71.9 Å². The molecule has 4 heteroatoms. The van der Waals surface area contributed by atoms with Gasteiger partial charge in [-0.25, -0.2) is 0 Å². The first-order valence-corrected chi connectivity index (χ1v) is 11.7. The number of hydrogen-bond acceptors (Lipinski definition) is 2. The fraction of sp³-hybridized carbons (Fsp3) is 0.429. The van der Waals surface area contributed by atoms with E-state index in [1.807, 2.05) is 59.5 Å². The van der Waals surface area contributed by atoms with E-state index in [1.165, 1.54) is 0 Å². The van der Waals surface area contributed by atoms with Crippen LogP contribution in [0, 0.1) is 5.41 Å². The Kier molecular flexibility index (Phi) is 6.92. The van der Waals surface area contributed by atoms with Crippen LogP contribution < -0.4 is 0 Å². The Morgan fingerprint density at radius 2 is 1.41 bits per heavy atom. The summed E-state index contributed by atoms with van der Waals surface area (Å²) in [7, 11) is 0. The minimum atomic E-state index is -0.421.